The Bertz CT molecular complexity index is 1220. The second kappa shape index (κ2) is 8.38. The molecule has 0 fully saturated rings. The molecule has 0 saturated heterocycles. The Morgan fingerprint density at radius 1 is 1.00 bits per heavy atom. The largest absolute Gasteiger partial charge is 0.272 e. The van der Waals surface area contributed by atoms with Crippen LogP contribution in [0.1, 0.15) is 12.0 Å². The molecular formula is C23H18N4OS2. The smallest absolute Gasteiger partial charge is 0.253 e. The molecule has 0 aliphatic carbocycles. The van der Waals surface area contributed by atoms with Gasteiger partial charge in [-0.05, 0) is 17.2 Å². The maximum Gasteiger partial charge on any atom is 0.253 e. The van der Waals surface area contributed by atoms with Gasteiger partial charge in [0.15, 0.2) is 0 Å². The first-order valence-corrected chi connectivity index (χ1v) is 11.4. The van der Waals surface area contributed by atoms with Crippen LogP contribution in [0.2, 0.25) is 0 Å². The molecule has 0 radical (unpaired) electrons. The molecule has 1 aliphatic heterocycles. The first kappa shape index (κ1) is 19.0. The summed E-state index contributed by atoms with van der Waals surface area (Å²) >= 11 is 3.09. The Hall–Kier alpha value is -3.03. The molecule has 0 atom stereocenters. The van der Waals surface area contributed by atoms with Crippen LogP contribution in [0.4, 0.5) is 0 Å². The summed E-state index contributed by atoms with van der Waals surface area (Å²) in [6.45, 7) is 0.624. The normalized spacial score (nSPS) is 13.6. The van der Waals surface area contributed by atoms with Gasteiger partial charge in [-0.1, -0.05) is 72.4 Å². The third-order valence-corrected chi connectivity index (χ3v) is 6.96. The van der Waals surface area contributed by atoms with E-state index in [0.717, 1.165) is 43.4 Å². The van der Waals surface area contributed by atoms with E-state index >= 15 is 0 Å². The predicted octanol–water partition coefficient (Wildman–Crippen LogP) is 5.09. The molecular weight excluding hydrogens is 412 g/mol. The Kier molecular flexibility index (Phi) is 5.29. The van der Waals surface area contributed by atoms with E-state index in [0.29, 0.717) is 12.3 Å². The molecule has 0 N–H and O–H groups in total. The molecule has 5 rings (SSSR count). The van der Waals surface area contributed by atoms with Crippen molar-refractivity contribution in [1.82, 2.24) is 15.0 Å². The van der Waals surface area contributed by atoms with Crippen LogP contribution in [-0.4, -0.2) is 38.9 Å². The zero-order valence-electron chi connectivity index (χ0n) is 16.1. The highest BCUT2D eigenvalue weighted by Gasteiger charge is 2.22. The molecule has 0 unspecified atom stereocenters. The molecule has 1 aliphatic rings. The van der Waals surface area contributed by atoms with Crippen molar-refractivity contribution in [2.75, 3.05) is 12.3 Å². The number of fused-ring (bicyclic) bond motifs is 1. The molecule has 0 saturated carbocycles. The Morgan fingerprint density at radius 2 is 1.73 bits per heavy atom. The monoisotopic (exact) mass is 430 g/mol. The summed E-state index contributed by atoms with van der Waals surface area (Å²) in [6, 6.07) is 22.4. The van der Waals surface area contributed by atoms with Crippen molar-refractivity contribution in [2.45, 2.75) is 11.4 Å². The number of carbonyl (C=O) groups is 1. The quantitative estimate of drug-likeness (QED) is 0.327. The number of hydrogen-bond acceptors (Lipinski definition) is 6. The van der Waals surface area contributed by atoms with Gasteiger partial charge in [0.25, 0.3) is 5.91 Å². The minimum absolute atomic E-state index is 0.00351. The number of hydrogen-bond donors (Lipinski definition) is 0. The van der Waals surface area contributed by atoms with E-state index in [1.807, 2.05) is 48.5 Å². The summed E-state index contributed by atoms with van der Waals surface area (Å²) in [5, 5.41) is 7.94. The lowest BCUT2D eigenvalue weighted by Gasteiger charge is -2.10. The molecule has 0 spiro atoms. The second-order valence-corrected chi connectivity index (χ2v) is 8.84. The number of thioether (sulfide) groups is 1. The summed E-state index contributed by atoms with van der Waals surface area (Å²) in [7, 11) is 0. The van der Waals surface area contributed by atoms with Crippen molar-refractivity contribution in [3.05, 3.63) is 78.6 Å². The molecule has 2 aromatic carbocycles. The van der Waals surface area contributed by atoms with Gasteiger partial charge in [0.1, 0.15) is 16.2 Å². The van der Waals surface area contributed by atoms with Gasteiger partial charge in [-0.15, -0.1) is 11.3 Å². The number of aromatic nitrogens is 2. The van der Waals surface area contributed by atoms with Crippen LogP contribution in [0.15, 0.2) is 83.2 Å². The molecule has 0 bridgehead atoms. The molecule has 30 heavy (non-hydrogen) atoms. The highest BCUT2D eigenvalue weighted by atomic mass is 32.2. The van der Waals surface area contributed by atoms with Crippen molar-refractivity contribution in [3.63, 3.8) is 0 Å². The maximum atomic E-state index is 12.7. The number of hydrazone groups is 1. The number of rotatable bonds is 5. The minimum Gasteiger partial charge on any atom is -0.272 e. The number of carbonyl (C=O) groups excluding carboxylic acids is 1. The Labute approximate surface area is 182 Å². The van der Waals surface area contributed by atoms with E-state index < -0.39 is 0 Å². The van der Waals surface area contributed by atoms with Crippen LogP contribution in [-0.2, 0) is 4.79 Å². The van der Waals surface area contributed by atoms with Crippen LogP contribution >= 0.6 is 23.1 Å². The summed E-state index contributed by atoms with van der Waals surface area (Å²) < 4.78 is 0. The van der Waals surface area contributed by atoms with Gasteiger partial charge in [-0.25, -0.2) is 15.0 Å². The van der Waals surface area contributed by atoms with Gasteiger partial charge in [0, 0.05) is 16.7 Å². The molecule has 7 heteroatoms. The Balaban J connectivity index is 1.31. The molecule has 4 aromatic rings. The minimum atomic E-state index is -0.00351. The van der Waals surface area contributed by atoms with E-state index in [2.05, 4.69) is 33.3 Å². The first-order chi connectivity index (χ1) is 14.8. The van der Waals surface area contributed by atoms with Crippen molar-refractivity contribution >= 4 is 44.9 Å². The van der Waals surface area contributed by atoms with E-state index in [9.17, 15) is 4.79 Å². The van der Waals surface area contributed by atoms with Crippen molar-refractivity contribution in [1.29, 1.82) is 0 Å². The SMILES string of the molecule is O=C(CSc1ncnc2sc(-c3ccccc3)cc12)N1CCC(c2ccccc2)=N1. The fraction of sp³-hybridized carbons (Fsp3) is 0.130. The maximum absolute atomic E-state index is 12.7. The average molecular weight is 431 g/mol. The molecule has 5 nitrogen and oxygen atoms in total. The van der Waals surface area contributed by atoms with Crippen LogP contribution in [0.25, 0.3) is 20.7 Å². The van der Waals surface area contributed by atoms with Crippen LogP contribution < -0.4 is 0 Å². The van der Waals surface area contributed by atoms with Crippen molar-refractivity contribution in [2.24, 2.45) is 5.10 Å². The second-order valence-electron chi connectivity index (χ2n) is 6.84. The van der Waals surface area contributed by atoms with E-state index in [1.165, 1.54) is 11.8 Å². The lowest BCUT2D eigenvalue weighted by Crippen LogP contribution is -2.25. The third-order valence-electron chi connectivity index (χ3n) is 4.88. The lowest BCUT2D eigenvalue weighted by atomic mass is 10.1. The summed E-state index contributed by atoms with van der Waals surface area (Å²) in [5.74, 6) is 0.296. The van der Waals surface area contributed by atoms with Gasteiger partial charge in [0.2, 0.25) is 0 Å². The summed E-state index contributed by atoms with van der Waals surface area (Å²) in [6.07, 6.45) is 2.35. The number of nitrogens with zero attached hydrogens (tertiary/aromatic N) is 4. The van der Waals surface area contributed by atoms with Gasteiger partial charge >= 0.3 is 0 Å². The fourth-order valence-electron chi connectivity index (χ4n) is 3.37. The van der Waals surface area contributed by atoms with Crippen LogP contribution in [0, 0.1) is 0 Å². The lowest BCUT2D eigenvalue weighted by molar-refractivity contribution is -0.127. The van der Waals surface area contributed by atoms with Gasteiger partial charge < -0.3 is 0 Å². The topological polar surface area (TPSA) is 58.5 Å². The van der Waals surface area contributed by atoms with E-state index in [4.69, 9.17) is 0 Å². The zero-order chi connectivity index (χ0) is 20.3. The van der Waals surface area contributed by atoms with Crippen molar-refractivity contribution in [3.8, 4) is 10.4 Å². The molecule has 3 heterocycles. The van der Waals surface area contributed by atoms with E-state index in [1.54, 1.807) is 22.7 Å². The number of amides is 1. The molecule has 1 amide bonds. The highest BCUT2D eigenvalue weighted by Crippen LogP contribution is 2.36. The van der Waals surface area contributed by atoms with E-state index in [-0.39, 0.29) is 5.91 Å². The summed E-state index contributed by atoms with van der Waals surface area (Å²) in [4.78, 5) is 23.6. The standard InChI is InChI=1S/C23H18N4OS2/c28-21(27-12-11-19(26-27)16-7-3-1-4-8-16)14-29-22-18-13-20(17-9-5-2-6-10-17)30-23(18)25-15-24-22/h1-10,13,15H,11-12,14H2. The first-order valence-electron chi connectivity index (χ1n) is 9.64. The van der Waals surface area contributed by atoms with Crippen LogP contribution in [0.5, 0.6) is 0 Å². The highest BCUT2D eigenvalue weighted by molar-refractivity contribution is 8.00. The Morgan fingerprint density at radius 3 is 2.50 bits per heavy atom. The molecule has 148 valence electrons. The predicted molar refractivity (Wildman–Crippen MR) is 123 cm³/mol. The van der Waals surface area contributed by atoms with Gasteiger partial charge in [0.05, 0.1) is 18.0 Å². The zero-order valence-corrected chi connectivity index (χ0v) is 17.7. The third kappa shape index (κ3) is 3.86. The van der Waals surface area contributed by atoms with Crippen molar-refractivity contribution < 1.29 is 4.79 Å². The van der Waals surface area contributed by atoms with Gasteiger partial charge in [-0.3, -0.25) is 4.79 Å². The number of benzene rings is 2. The summed E-state index contributed by atoms with van der Waals surface area (Å²) in [5.41, 5.74) is 3.20. The molecule has 2 aromatic heterocycles. The average Bonchev–Trinajstić information content (AvgIpc) is 3.46. The van der Waals surface area contributed by atoms with Crippen LogP contribution in [0.3, 0.4) is 0 Å². The van der Waals surface area contributed by atoms with Gasteiger partial charge in [-0.2, -0.15) is 5.10 Å². The fourth-order valence-corrected chi connectivity index (χ4v) is 5.28. The number of thiophene rings is 1.